The third-order valence-electron chi connectivity index (χ3n) is 10.1. The van der Waals surface area contributed by atoms with Crippen LogP contribution in [0.4, 0.5) is 0 Å². The van der Waals surface area contributed by atoms with Gasteiger partial charge in [0, 0.05) is 32.6 Å². The van der Waals surface area contributed by atoms with Crippen molar-refractivity contribution >= 4 is 44.7 Å². The van der Waals surface area contributed by atoms with Crippen molar-refractivity contribution in [3.63, 3.8) is 0 Å². The van der Waals surface area contributed by atoms with Crippen molar-refractivity contribution in [2.24, 2.45) is 0 Å². The Morgan fingerprint density at radius 1 is 0.592 bits per heavy atom. The molecule has 280 valence electrons. The van der Waals surface area contributed by atoms with Gasteiger partial charge in [0.1, 0.15) is 5.01 Å². The Morgan fingerprint density at radius 3 is 1.41 bits per heavy atom. The number of carbonyl (C=O) groups is 1. The Kier molecular flexibility index (Phi) is 25.9. The maximum absolute atomic E-state index is 14.3. The van der Waals surface area contributed by atoms with E-state index in [9.17, 15) is 4.79 Å². The van der Waals surface area contributed by atoms with Gasteiger partial charge in [0.2, 0.25) is 5.91 Å². The summed E-state index contributed by atoms with van der Waals surface area (Å²) in [7, 11) is 0. The smallest absolute Gasteiger partial charge is 0.223 e. The fourth-order valence-corrected chi connectivity index (χ4v) is 8.39. The number of amides is 1. The van der Waals surface area contributed by atoms with Crippen molar-refractivity contribution < 1.29 is 4.79 Å². The van der Waals surface area contributed by atoms with Gasteiger partial charge >= 0.3 is 0 Å². The molecule has 1 atom stereocenters. The Balaban J connectivity index is 2.24. The van der Waals surface area contributed by atoms with Crippen molar-refractivity contribution in [2.45, 2.75) is 194 Å². The molecule has 0 radical (unpaired) electrons. The number of carbonyl (C=O) groups excluding carboxylic acids is 1. The zero-order valence-electron chi connectivity index (χ0n) is 32.5. The van der Waals surface area contributed by atoms with Crippen LogP contribution in [0.25, 0.3) is 10.2 Å². The number of rotatable bonds is 32. The summed E-state index contributed by atoms with van der Waals surface area (Å²) in [6.45, 7) is 12.9. The monoisotopic (exact) mass is 714 g/mol. The fourth-order valence-electron chi connectivity index (χ4n) is 6.87. The summed E-state index contributed by atoms with van der Waals surface area (Å²) in [6, 6.07) is 8.42. The molecule has 49 heavy (non-hydrogen) atoms. The van der Waals surface area contributed by atoms with Gasteiger partial charge in [-0.2, -0.15) is 0 Å². The summed E-state index contributed by atoms with van der Waals surface area (Å²) in [5.74, 6) is 0.129. The molecule has 0 aliphatic heterocycles. The maximum Gasteiger partial charge on any atom is 0.223 e. The summed E-state index contributed by atoms with van der Waals surface area (Å²) in [4.78, 5) is 25.1. The third kappa shape index (κ3) is 19.0. The van der Waals surface area contributed by atoms with Crippen LogP contribution in [0.5, 0.6) is 0 Å². The summed E-state index contributed by atoms with van der Waals surface area (Å²) in [6.07, 6.45) is 30.7. The average Bonchev–Trinajstić information content (AvgIpc) is 3.55. The van der Waals surface area contributed by atoms with Crippen LogP contribution in [-0.4, -0.2) is 51.9 Å². The van der Waals surface area contributed by atoms with E-state index in [1.54, 1.807) is 11.3 Å². The molecule has 0 fully saturated rings. The fraction of sp³-hybridized carbons (Fsp3) is 0.791. The highest BCUT2D eigenvalue weighted by Crippen LogP contribution is 2.33. The van der Waals surface area contributed by atoms with E-state index in [4.69, 9.17) is 17.2 Å². The number of thiazole rings is 1. The van der Waals surface area contributed by atoms with E-state index >= 15 is 0 Å². The Hall–Kier alpha value is -1.53. The Labute approximate surface area is 312 Å². The van der Waals surface area contributed by atoms with E-state index in [1.165, 1.54) is 146 Å². The number of hydrogen-bond acceptors (Lipinski definition) is 4. The first kappa shape index (κ1) is 43.6. The number of aromatic nitrogens is 1. The van der Waals surface area contributed by atoms with Gasteiger partial charge < -0.3 is 9.80 Å². The number of benzene rings is 1. The molecule has 1 aromatic heterocycles. The predicted molar refractivity (Wildman–Crippen MR) is 221 cm³/mol. The summed E-state index contributed by atoms with van der Waals surface area (Å²) in [5.41, 5.74) is 1.03. The highest BCUT2D eigenvalue weighted by Gasteiger charge is 2.29. The summed E-state index contributed by atoms with van der Waals surface area (Å²) >= 11 is 8.18. The van der Waals surface area contributed by atoms with E-state index in [1.807, 2.05) is 0 Å². The minimum Gasteiger partial charge on any atom is -0.366 e. The van der Waals surface area contributed by atoms with Gasteiger partial charge in [-0.1, -0.05) is 180 Å². The van der Waals surface area contributed by atoms with Crippen LogP contribution in [-0.2, 0) is 4.79 Å². The second-order valence-corrected chi connectivity index (χ2v) is 16.0. The van der Waals surface area contributed by atoms with Gasteiger partial charge in [-0.25, -0.2) is 4.98 Å². The van der Waals surface area contributed by atoms with Crippen LogP contribution in [0.15, 0.2) is 24.3 Å². The SMILES string of the molecule is CCCCCCCCN(CCCCCCCC)C(=O)CC(C(=S)N(CCCCCCCC)CCCCCCCC)c1nc2ccccc2s1. The van der Waals surface area contributed by atoms with Gasteiger partial charge in [0.15, 0.2) is 0 Å². The highest BCUT2D eigenvalue weighted by atomic mass is 32.1. The van der Waals surface area contributed by atoms with E-state index in [0.29, 0.717) is 6.42 Å². The zero-order chi connectivity index (χ0) is 35.4. The molecule has 2 rings (SSSR count). The maximum atomic E-state index is 14.3. The lowest BCUT2D eigenvalue weighted by molar-refractivity contribution is -0.131. The Morgan fingerprint density at radius 2 is 0.980 bits per heavy atom. The summed E-state index contributed by atoms with van der Waals surface area (Å²) in [5, 5.41) is 1.02. The highest BCUT2D eigenvalue weighted by molar-refractivity contribution is 7.80. The molecule has 0 bridgehead atoms. The van der Waals surface area contributed by atoms with Crippen LogP contribution >= 0.6 is 23.6 Å². The molecule has 1 aromatic carbocycles. The van der Waals surface area contributed by atoms with Gasteiger partial charge in [-0.3, -0.25) is 4.79 Å². The van der Waals surface area contributed by atoms with Gasteiger partial charge in [-0.15, -0.1) is 11.3 Å². The van der Waals surface area contributed by atoms with Crippen LogP contribution in [0.3, 0.4) is 0 Å². The number of unbranched alkanes of at least 4 members (excludes halogenated alkanes) is 20. The number of thiocarbonyl (C=S) groups is 1. The molecule has 0 aliphatic rings. The number of hydrogen-bond donors (Lipinski definition) is 0. The van der Waals surface area contributed by atoms with E-state index < -0.39 is 0 Å². The number of fused-ring (bicyclic) bond motifs is 1. The van der Waals surface area contributed by atoms with Crippen LogP contribution in [0, 0.1) is 0 Å². The van der Waals surface area contributed by atoms with Crippen molar-refractivity contribution in [1.29, 1.82) is 0 Å². The molecule has 0 N–H and O–H groups in total. The van der Waals surface area contributed by atoms with Gasteiger partial charge in [0.05, 0.1) is 21.1 Å². The minimum atomic E-state index is -0.142. The first-order chi connectivity index (χ1) is 24.0. The minimum absolute atomic E-state index is 0.142. The summed E-state index contributed by atoms with van der Waals surface area (Å²) < 4.78 is 1.19. The second-order valence-electron chi connectivity index (χ2n) is 14.6. The van der Waals surface area contributed by atoms with Crippen molar-refractivity contribution in [3.05, 3.63) is 29.3 Å². The predicted octanol–water partition coefficient (Wildman–Crippen LogP) is 13.7. The zero-order valence-corrected chi connectivity index (χ0v) is 34.1. The van der Waals surface area contributed by atoms with Crippen molar-refractivity contribution in [1.82, 2.24) is 14.8 Å². The number of para-hydroxylation sites is 1. The molecular weight excluding hydrogens is 639 g/mol. The first-order valence-corrected chi connectivity index (χ1v) is 22.2. The molecule has 1 heterocycles. The molecule has 2 aromatic rings. The first-order valence-electron chi connectivity index (χ1n) is 21.0. The Bertz CT molecular complexity index is 1040. The molecule has 1 unspecified atom stereocenters. The molecule has 6 heteroatoms. The lowest BCUT2D eigenvalue weighted by atomic mass is 10.0. The second kappa shape index (κ2) is 29.1. The van der Waals surface area contributed by atoms with Crippen LogP contribution in [0.1, 0.15) is 199 Å². The average molecular weight is 714 g/mol. The standard InChI is InChI=1S/C43H75N3OS2/c1-5-9-13-17-21-27-33-45(34-28-22-18-14-10-6-2)41(47)37-38(42-44-39-31-25-26-32-40(39)49-42)43(48)46(35-29-23-19-15-11-7-3)36-30-24-20-16-12-8-4/h25-26,31-32,38H,5-24,27-30,33-37H2,1-4H3. The van der Waals surface area contributed by atoms with Gasteiger partial charge in [-0.05, 0) is 37.8 Å². The van der Waals surface area contributed by atoms with Crippen LogP contribution in [0.2, 0.25) is 0 Å². The molecule has 0 spiro atoms. The lowest BCUT2D eigenvalue weighted by Crippen LogP contribution is -2.39. The molecule has 0 saturated carbocycles. The molecule has 4 nitrogen and oxygen atoms in total. The largest absolute Gasteiger partial charge is 0.366 e. The third-order valence-corrected chi connectivity index (χ3v) is 11.8. The molecular formula is C43H75N3OS2. The van der Waals surface area contributed by atoms with Crippen LogP contribution < -0.4 is 0 Å². The van der Waals surface area contributed by atoms with E-state index in [-0.39, 0.29) is 11.8 Å². The molecule has 0 saturated heterocycles. The quantitative estimate of drug-likeness (QED) is 0.0559. The van der Waals surface area contributed by atoms with Crippen molar-refractivity contribution in [3.8, 4) is 0 Å². The lowest BCUT2D eigenvalue weighted by Gasteiger charge is -2.31. The normalized spacial score (nSPS) is 12.1. The number of nitrogens with zero attached hydrogens (tertiary/aromatic N) is 3. The van der Waals surface area contributed by atoms with Gasteiger partial charge in [0.25, 0.3) is 0 Å². The topological polar surface area (TPSA) is 36.4 Å². The van der Waals surface area contributed by atoms with E-state index in [2.05, 4.69) is 61.8 Å². The molecule has 1 amide bonds. The molecule has 0 aliphatic carbocycles. The van der Waals surface area contributed by atoms with Crippen molar-refractivity contribution in [2.75, 3.05) is 26.2 Å². The van der Waals surface area contributed by atoms with E-state index in [0.717, 1.165) is 54.5 Å².